The maximum atomic E-state index is 12.8. The molecule has 0 aliphatic heterocycles. The van der Waals surface area contributed by atoms with E-state index in [9.17, 15) is 9.59 Å². The molecule has 2 unspecified atom stereocenters. The van der Waals surface area contributed by atoms with Gasteiger partial charge in [-0.1, -0.05) is 55.1 Å². The Morgan fingerprint density at radius 2 is 2.06 bits per heavy atom. The summed E-state index contributed by atoms with van der Waals surface area (Å²) in [6.45, 7) is 8.38. The highest BCUT2D eigenvalue weighted by atomic mass is 32.2. The molecule has 3 aromatic rings. The highest BCUT2D eigenvalue weighted by molar-refractivity contribution is 7.99. The molecule has 4 rings (SSSR count). The number of carbonyl (C=O) groups is 2. The molecule has 2 heterocycles. The van der Waals surface area contributed by atoms with Crippen molar-refractivity contribution in [1.82, 2.24) is 14.8 Å². The number of amides is 1. The summed E-state index contributed by atoms with van der Waals surface area (Å²) in [6.07, 6.45) is 3.55. The Morgan fingerprint density at radius 3 is 2.74 bits per heavy atom. The van der Waals surface area contributed by atoms with Crippen molar-refractivity contribution in [2.75, 3.05) is 18.2 Å². The van der Waals surface area contributed by atoms with Gasteiger partial charge in [-0.3, -0.25) is 4.79 Å². The fourth-order valence-corrected chi connectivity index (χ4v) is 6.14. The summed E-state index contributed by atoms with van der Waals surface area (Å²) < 4.78 is 6.98. The summed E-state index contributed by atoms with van der Waals surface area (Å²) in [7, 11) is 1.35. The van der Waals surface area contributed by atoms with Crippen molar-refractivity contribution in [3.63, 3.8) is 0 Å². The van der Waals surface area contributed by atoms with Crippen molar-refractivity contribution in [2.45, 2.75) is 50.2 Å². The second kappa shape index (κ2) is 10.6. The Labute approximate surface area is 207 Å². The van der Waals surface area contributed by atoms with Crippen LogP contribution in [-0.4, -0.2) is 39.5 Å². The van der Waals surface area contributed by atoms with Gasteiger partial charge in [0, 0.05) is 17.3 Å². The second-order valence-corrected chi connectivity index (χ2v) is 10.3. The van der Waals surface area contributed by atoms with Crippen LogP contribution in [0, 0.1) is 6.92 Å². The molecule has 2 atom stereocenters. The first kappa shape index (κ1) is 24.2. The fourth-order valence-electron chi connectivity index (χ4n) is 4.23. The molecule has 0 saturated heterocycles. The third-order valence-electron chi connectivity index (χ3n) is 5.94. The Morgan fingerprint density at radius 1 is 1.29 bits per heavy atom. The summed E-state index contributed by atoms with van der Waals surface area (Å²) in [5.74, 6) is 1.22. The van der Waals surface area contributed by atoms with Crippen LogP contribution < -0.4 is 5.32 Å². The molecule has 1 aliphatic rings. The molecule has 1 amide bonds. The predicted octanol–water partition coefficient (Wildman–Crippen LogP) is 5.18. The van der Waals surface area contributed by atoms with E-state index in [4.69, 9.17) is 4.74 Å². The number of anilines is 1. The van der Waals surface area contributed by atoms with Crippen molar-refractivity contribution in [3.05, 3.63) is 70.4 Å². The largest absolute Gasteiger partial charge is 0.465 e. The predicted molar refractivity (Wildman–Crippen MR) is 136 cm³/mol. The topological polar surface area (TPSA) is 86.1 Å². The molecule has 0 radical (unpaired) electrons. The van der Waals surface area contributed by atoms with E-state index in [1.54, 1.807) is 0 Å². The van der Waals surface area contributed by atoms with Gasteiger partial charge in [-0.2, -0.15) is 0 Å². The van der Waals surface area contributed by atoms with Gasteiger partial charge in [-0.15, -0.1) is 28.1 Å². The Hall–Kier alpha value is -2.91. The van der Waals surface area contributed by atoms with Gasteiger partial charge >= 0.3 is 5.97 Å². The van der Waals surface area contributed by atoms with Crippen molar-refractivity contribution < 1.29 is 14.3 Å². The van der Waals surface area contributed by atoms with Crippen LogP contribution in [0.25, 0.3) is 0 Å². The lowest BCUT2D eigenvalue weighted by Gasteiger charge is -2.09. The Kier molecular flexibility index (Phi) is 7.53. The molecule has 1 N–H and O–H groups in total. The lowest BCUT2D eigenvalue weighted by Crippen LogP contribution is -2.16. The van der Waals surface area contributed by atoms with Crippen LogP contribution in [0.1, 0.15) is 57.4 Å². The molecule has 1 aliphatic carbocycles. The summed E-state index contributed by atoms with van der Waals surface area (Å²) in [5.41, 5.74) is 2.67. The lowest BCUT2D eigenvalue weighted by molar-refractivity contribution is -0.113. The standard InChI is InChI=1S/C25H28N4O3S2/c1-5-12-29-22(19-13-18(19)16-10-8-7-9-11-16)27-28-25(29)33-14-20(30)26-23-21(24(31)32-4)17(6-2)15(3)34-23/h5,7-11,18-19H,1,6,12-14H2,2-4H3,(H,26,30). The van der Waals surface area contributed by atoms with E-state index in [-0.39, 0.29) is 11.7 Å². The summed E-state index contributed by atoms with van der Waals surface area (Å²) in [4.78, 5) is 26.1. The van der Waals surface area contributed by atoms with Crippen molar-refractivity contribution in [2.24, 2.45) is 0 Å². The van der Waals surface area contributed by atoms with Gasteiger partial charge in [0.2, 0.25) is 5.91 Å². The van der Waals surface area contributed by atoms with Gasteiger partial charge in [0.25, 0.3) is 0 Å². The zero-order valence-corrected chi connectivity index (χ0v) is 21.2. The van der Waals surface area contributed by atoms with Crippen molar-refractivity contribution in [1.29, 1.82) is 0 Å². The van der Waals surface area contributed by atoms with Crippen LogP contribution in [0.2, 0.25) is 0 Å². The van der Waals surface area contributed by atoms with Crippen LogP contribution >= 0.6 is 23.1 Å². The minimum absolute atomic E-state index is 0.154. The number of aromatic nitrogens is 3. The second-order valence-electron chi connectivity index (χ2n) is 8.12. The number of hydrogen-bond donors (Lipinski definition) is 1. The van der Waals surface area contributed by atoms with E-state index in [1.807, 2.05) is 30.6 Å². The van der Waals surface area contributed by atoms with Crippen LogP contribution in [-0.2, 0) is 22.5 Å². The van der Waals surface area contributed by atoms with Crippen LogP contribution in [0.5, 0.6) is 0 Å². The third kappa shape index (κ3) is 4.95. The first-order valence-corrected chi connectivity index (χ1v) is 13.0. The Bertz CT molecular complexity index is 1200. The minimum atomic E-state index is -0.433. The molecule has 1 aromatic carbocycles. The molecule has 1 fully saturated rings. The fraction of sp³-hybridized carbons (Fsp3) is 0.360. The van der Waals surface area contributed by atoms with Gasteiger partial charge in [0.05, 0.1) is 18.4 Å². The van der Waals surface area contributed by atoms with Crippen LogP contribution in [0.4, 0.5) is 5.00 Å². The normalized spacial score (nSPS) is 16.8. The average molecular weight is 497 g/mol. The molecule has 2 aromatic heterocycles. The van der Waals surface area contributed by atoms with E-state index in [1.165, 1.54) is 35.8 Å². The highest BCUT2D eigenvalue weighted by Crippen LogP contribution is 2.54. The molecule has 7 nitrogen and oxygen atoms in total. The molecule has 0 spiro atoms. The first-order valence-electron chi connectivity index (χ1n) is 11.2. The van der Waals surface area contributed by atoms with Crippen LogP contribution in [0.3, 0.4) is 0 Å². The maximum Gasteiger partial charge on any atom is 0.341 e. The number of thioether (sulfide) groups is 1. The van der Waals surface area contributed by atoms with Gasteiger partial charge in [-0.05, 0) is 36.8 Å². The zero-order valence-electron chi connectivity index (χ0n) is 19.5. The molecule has 34 heavy (non-hydrogen) atoms. The number of ether oxygens (including phenoxy) is 1. The summed E-state index contributed by atoms with van der Waals surface area (Å²) in [6, 6.07) is 10.4. The van der Waals surface area contributed by atoms with E-state index in [2.05, 4.69) is 46.4 Å². The third-order valence-corrected chi connectivity index (χ3v) is 7.97. The van der Waals surface area contributed by atoms with E-state index in [0.29, 0.717) is 40.5 Å². The first-order chi connectivity index (χ1) is 16.5. The number of aryl methyl sites for hydroxylation is 1. The monoisotopic (exact) mass is 496 g/mol. The number of nitrogens with one attached hydrogen (secondary N) is 1. The number of benzene rings is 1. The molecule has 1 saturated carbocycles. The smallest absolute Gasteiger partial charge is 0.341 e. The van der Waals surface area contributed by atoms with Gasteiger partial charge in [0.1, 0.15) is 10.8 Å². The molecule has 178 valence electrons. The molecular formula is C25H28N4O3S2. The zero-order chi connectivity index (χ0) is 24.2. The van der Waals surface area contributed by atoms with Gasteiger partial charge < -0.3 is 14.6 Å². The molecule has 9 heteroatoms. The lowest BCUT2D eigenvalue weighted by atomic mass is 10.1. The average Bonchev–Trinajstić information content (AvgIpc) is 3.44. The van der Waals surface area contributed by atoms with E-state index < -0.39 is 5.97 Å². The van der Waals surface area contributed by atoms with Gasteiger partial charge in [0.15, 0.2) is 5.16 Å². The number of nitrogens with zero attached hydrogens (tertiary/aromatic N) is 3. The number of methoxy groups -OCH3 is 1. The van der Waals surface area contributed by atoms with Gasteiger partial charge in [-0.25, -0.2) is 4.79 Å². The summed E-state index contributed by atoms with van der Waals surface area (Å²) >= 11 is 2.73. The molecular weight excluding hydrogens is 468 g/mol. The maximum absolute atomic E-state index is 12.8. The Balaban J connectivity index is 1.45. The number of rotatable bonds is 10. The minimum Gasteiger partial charge on any atom is -0.465 e. The number of thiophene rings is 1. The van der Waals surface area contributed by atoms with Crippen LogP contribution in [0.15, 0.2) is 48.1 Å². The van der Waals surface area contributed by atoms with Crippen molar-refractivity contribution >= 4 is 40.0 Å². The van der Waals surface area contributed by atoms with Crippen molar-refractivity contribution in [3.8, 4) is 0 Å². The van der Waals surface area contributed by atoms with E-state index >= 15 is 0 Å². The number of esters is 1. The number of carbonyl (C=O) groups excluding carboxylic acids is 2. The number of allylic oxidation sites excluding steroid dienone is 1. The number of hydrogen-bond acceptors (Lipinski definition) is 7. The van der Waals surface area contributed by atoms with E-state index in [0.717, 1.165) is 22.7 Å². The molecule has 0 bridgehead atoms. The highest BCUT2D eigenvalue weighted by Gasteiger charge is 2.43. The summed E-state index contributed by atoms with van der Waals surface area (Å²) in [5, 5.41) is 12.9. The SMILES string of the molecule is C=CCn1c(SCC(=O)Nc2sc(C)c(CC)c2C(=O)OC)nnc1C1CC1c1ccccc1. The quantitative estimate of drug-likeness (QED) is 0.236.